The van der Waals surface area contributed by atoms with E-state index in [1.54, 1.807) is 0 Å². The fraction of sp³-hybridized carbons (Fsp3) is 0.552. The zero-order valence-corrected chi connectivity index (χ0v) is 42.6. The molecule has 4 aromatic rings. The van der Waals surface area contributed by atoms with Crippen molar-refractivity contribution in [2.75, 3.05) is 26.2 Å². The van der Waals surface area contributed by atoms with Crippen molar-refractivity contribution in [1.82, 2.24) is 31.9 Å². The highest BCUT2D eigenvalue weighted by Crippen LogP contribution is 2.37. The lowest BCUT2D eigenvalue weighted by atomic mass is 9.80. The van der Waals surface area contributed by atoms with Crippen molar-refractivity contribution in [3.8, 4) is 0 Å². The van der Waals surface area contributed by atoms with Crippen LogP contribution in [0.3, 0.4) is 0 Å². The van der Waals surface area contributed by atoms with Crippen LogP contribution in [0.2, 0.25) is 0 Å². The Morgan fingerprint density at radius 3 is 0.939 bits per heavy atom. The van der Waals surface area contributed by atoms with Gasteiger partial charge >= 0.3 is 12.1 Å². The van der Waals surface area contributed by atoms with Crippen LogP contribution < -0.4 is 31.9 Å². The van der Waals surface area contributed by atoms with Crippen LogP contribution in [0.25, 0.3) is 0 Å². The van der Waals surface area contributed by atoms with Gasteiger partial charge in [-0.3, -0.25) is 0 Å². The molecule has 0 aliphatic carbocycles. The molecular weight excluding hydrogens is 813 g/mol. The summed E-state index contributed by atoms with van der Waals surface area (Å²) < 4.78 is 0. The zero-order valence-electron chi connectivity index (χ0n) is 42.6. The lowest BCUT2D eigenvalue weighted by Gasteiger charge is -2.27. The monoisotopic (exact) mass is 897 g/mol. The van der Waals surface area contributed by atoms with Crippen LogP contribution in [0, 0.1) is 0 Å². The zero-order chi connectivity index (χ0) is 47.9. The molecular formula is C58H84N6O2. The fourth-order valence-corrected chi connectivity index (χ4v) is 9.82. The van der Waals surface area contributed by atoms with E-state index in [2.05, 4.69) is 212 Å². The number of nitrogens with one attached hydrogen (secondary N) is 6. The van der Waals surface area contributed by atoms with E-state index < -0.39 is 0 Å². The molecule has 2 aliphatic rings. The summed E-state index contributed by atoms with van der Waals surface area (Å²) in [6, 6.07) is 36.9. The van der Waals surface area contributed by atoms with Crippen LogP contribution in [0.4, 0.5) is 9.59 Å². The van der Waals surface area contributed by atoms with Gasteiger partial charge in [-0.05, 0) is 91.9 Å². The van der Waals surface area contributed by atoms with Crippen molar-refractivity contribution in [2.24, 2.45) is 0 Å². The van der Waals surface area contributed by atoms with Gasteiger partial charge in [0.05, 0.1) is 0 Å². The molecule has 8 nitrogen and oxygen atoms in total. The maximum atomic E-state index is 13.0. The maximum absolute atomic E-state index is 13.0. The van der Waals surface area contributed by atoms with Crippen molar-refractivity contribution in [1.29, 1.82) is 0 Å². The average molecular weight is 897 g/mol. The second-order valence-electron chi connectivity index (χ2n) is 23.6. The number of benzene rings is 4. The molecule has 8 heteroatoms. The van der Waals surface area contributed by atoms with Crippen LogP contribution in [0.1, 0.15) is 178 Å². The Labute approximate surface area is 399 Å². The SMILES string of the molecule is CC(C)(C)c1ccc(C(c2ccc(C(C)(C)C)cc2)[C@H]2C[C@@H](NC(=O)NCCCCCCNC(=O)N[C@H]3CN[C@@H](C(c4ccc(C(C)(C)C)cc4)c4ccc(C(C)(C)C)cc4)C3)CN2)cc1. The van der Waals surface area contributed by atoms with Gasteiger partial charge in [0, 0.05) is 62.2 Å². The van der Waals surface area contributed by atoms with Gasteiger partial charge in [-0.15, -0.1) is 0 Å². The largest absolute Gasteiger partial charge is 0.338 e. The second kappa shape index (κ2) is 21.5. The van der Waals surface area contributed by atoms with Gasteiger partial charge in [0.25, 0.3) is 0 Å². The highest BCUT2D eigenvalue weighted by molar-refractivity contribution is 5.74. The molecule has 0 radical (unpaired) electrons. The quantitative estimate of drug-likeness (QED) is 0.0669. The van der Waals surface area contributed by atoms with Crippen molar-refractivity contribution in [3.63, 3.8) is 0 Å². The smallest absolute Gasteiger partial charge is 0.315 e. The highest BCUT2D eigenvalue weighted by atomic mass is 16.2. The normalized spacial score (nSPS) is 19.3. The summed E-state index contributed by atoms with van der Waals surface area (Å²) in [4.78, 5) is 26.0. The van der Waals surface area contributed by atoms with Crippen LogP contribution in [0.15, 0.2) is 97.1 Å². The van der Waals surface area contributed by atoms with Crippen LogP contribution in [0.5, 0.6) is 0 Å². The Morgan fingerprint density at radius 2 is 0.697 bits per heavy atom. The summed E-state index contributed by atoms with van der Waals surface area (Å²) in [7, 11) is 0. The number of urea groups is 2. The minimum atomic E-state index is -0.103. The molecule has 4 atom stereocenters. The summed E-state index contributed by atoms with van der Waals surface area (Å²) in [5, 5.41) is 20.2. The van der Waals surface area contributed by atoms with Crippen molar-refractivity contribution < 1.29 is 9.59 Å². The number of rotatable bonds is 15. The minimum Gasteiger partial charge on any atom is -0.338 e. The number of hydrogen-bond acceptors (Lipinski definition) is 4. The molecule has 2 heterocycles. The van der Waals surface area contributed by atoms with Gasteiger partial charge in [0.2, 0.25) is 0 Å². The molecule has 0 aromatic heterocycles. The molecule has 0 saturated carbocycles. The molecule has 0 spiro atoms. The van der Waals surface area contributed by atoms with Crippen LogP contribution >= 0.6 is 0 Å². The van der Waals surface area contributed by atoms with E-state index in [-0.39, 0.29) is 69.7 Å². The lowest BCUT2D eigenvalue weighted by Crippen LogP contribution is -2.43. The van der Waals surface area contributed by atoms with Crippen molar-refractivity contribution in [3.05, 3.63) is 142 Å². The Morgan fingerprint density at radius 1 is 0.439 bits per heavy atom. The molecule has 0 unspecified atom stereocenters. The molecule has 66 heavy (non-hydrogen) atoms. The van der Waals surface area contributed by atoms with Gasteiger partial charge in [-0.2, -0.15) is 0 Å². The molecule has 6 rings (SSSR count). The van der Waals surface area contributed by atoms with Crippen molar-refractivity contribution >= 4 is 12.1 Å². The predicted molar refractivity (Wildman–Crippen MR) is 276 cm³/mol. The van der Waals surface area contributed by atoms with Gasteiger partial charge in [0.15, 0.2) is 0 Å². The Balaban J connectivity index is 0.901. The van der Waals surface area contributed by atoms with Crippen molar-refractivity contribution in [2.45, 2.75) is 179 Å². The number of carbonyl (C=O) groups is 2. The first-order valence-electron chi connectivity index (χ1n) is 25.0. The first-order chi connectivity index (χ1) is 31.1. The number of unbranched alkanes of at least 4 members (excludes halogenated alkanes) is 3. The highest BCUT2D eigenvalue weighted by Gasteiger charge is 2.35. The van der Waals surface area contributed by atoms with E-state index in [1.807, 2.05) is 0 Å². The van der Waals surface area contributed by atoms with E-state index >= 15 is 0 Å². The molecule has 4 aromatic carbocycles. The number of hydrogen-bond donors (Lipinski definition) is 6. The van der Waals surface area contributed by atoms with Gasteiger partial charge in [0.1, 0.15) is 0 Å². The van der Waals surface area contributed by atoms with E-state index in [9.17, 15) is 9.59 Å². The minimum absolute atomic E-state index is 0.0568. The van der Waals surface area contributed by atoms with Crippen LogP contribution in [-0.2, 0) is 21.7 Å². The summed E-state index contributed by atoms with van der Waals surface area (Å²) in [6.45, 7) is 29.8. The summed E-state index contributed by atoms with van der Waals surface area (Å²) in [5.41, 5.74) is 10.9. The summed E-state index contributed by atoms with van der Waals surface area (Å²) in [6.07, 6.45) is 5.49. The van der Waals surface area contributed by atoms with E-state index in [0.717, 1.165) is 51.6 Å². The topological polar surface area (TPSA) is 106 Å². The molecule has 2 aliphatic heterocycles. The lowest BCUT2D eigenvalue weighted by molar-refractivity contribution is 0.236. The van der Waals surface area contributed by atoms with E-state index in [1.165, 1.54) is 44.5 Å². The third kappa shape index (κ3) is 13.9. The Bertz CT molecular complexity index is 1880. The van der Waals surface area contributed by atoms with Crippen LogP contribution in [-0.4, -0.2) is 62.4 Å². The van der Waals surface area contributed by atoms with Gasteiger partial charge in [-0.1, -0.05) is 193 Å². The predicted octanol–water partition coefficient (Wildman–Crippen LogP) is 11.5. The molecule has 2 fully saturated rings. The summed E-state index contributed by atoms with van der Waals surface area (Å²) >= 11 is 0. The van der Waals surface area contributed by atoms with Gasteiger partial charge < -0.3 is 31.9 Å². The standard InChI is InChI=1S/C58H84N6O2/c1-55(2,3)43-25-17-39(18-26-43)51(40-19-27-44(28-20-40)56(4,5)6)49-35-47(37-61-49)63-53(65)59-33-15-13-14-16-34-60-54(66)64-48-36-50(62-38-48)52(41-21-29-45(30-22-41)57(7,8)9)42-23-31-46(32-24-42)58(10,11)12/h17-32,47-52,61-62H,13-16,33-38H2,1-12H3,(H2,59,63,65)(H2,60,64,66)/t47-,48-,49-,50-/m1/s1. The Hall–Kier alpha value is -4.66. The molecule has 0 bridgehead atoms. The number of amides is 4. The molecule has 4 amide bonds. The summed E-state index contributed by atoms with van der Waals surface area (Å²) in [5.74, 6) is 0.358. The molecule has 2 saturated heterocycles. The average Bonchev–Trinajstić information content (AvgIpc) is 3.91. The third-order valence-corrected chi connectivity index (χ3v) is 14.0. The number of carbonyl (C=O) groups excluding carboxylic acids is 2. The van der Waals surface area contributed by atoms with E-state index in [0.29, 0.717) is 13.1 Å². The fourth-order valence-electron chi connectivity index (χ4n) is 9.82. The molecule has 358 valence electrons. The second-order valence-corrected chi connectivity index (χ2v) is 23.6. The Kier molecular flexibility index (Phi) is 16.6. The first kappa shape index (κ1) is 50.7. The van der Waals surface area contributed by atoms with E-state index in [4.69, 9.17) is 0 Å². The maximum Gasteiger partial charge on any atom is 0.315 e. The first-order valence-corrected chi connectivity index (χ1v) is 25.0. The van der Waals surface area contributed by atoms with Gasteiger partial charge in [-0.25, -0.2) is 9.59 Å². The third-order valence-electron chi connectivity index (χ3n) is 14.0. The molecule has 6 N–H and O–H groups in total.